The van der Waals surface area contributed by atoms with Crippen LogP contribution in [0.25, 0.3) is 11.2 Å². The number of hydrogen-bond acceptors (Lipinski definition) is 12. The number of aromatic nitrogens is 4. The van der Waals surface area contributed by atoms with Gasteiger partial charge in [0.1, 0.15) is 24.0 Å². The van der Waals surface area contributed by atoms with Crippen molar-refractivity contribution in [1.29, 1.82) is 0 Å². The van der Waals surface area contributed by atoms with Crippen molar-refractivity contribution in [2.24, 2.45) is 0 Å². The van der Waals surface area contributed by atoms with Crippen molar-refractivity contribution in [2.75, 3.05) is 31.3 Å². The van der Waals surface area contributed by atoms with Crippen molar-refractivity contribution in [3.05, 3.63) is 36.7 Å². The Morgan fingerprint density at radius 3 is 2.77 bits per heavy atom. The largest absolute Gasteiger partial charge is 0.465 e. The van der Waals surface area contributed by atoms with Gasteiger partial charge in [-0.05, 0) is 26.0 Å². The Morgan fingerprint density at radius 2 is 2.12 bits per heavy atom. The van der Waals surface area contributed by atoms with Crippen LogP contribution in [0.4, 0.5) is 11.8 Å². The lowest BCUT2D eigenvalue weighted by Crippen LogP contribution is -2.41. The molecule has 0 saturated carbocycles. The van der Waals surface area contributed by atoms with Crippen LogP contribution >= 0.6 is 19.3 Å². The molecule has 3 heterocycles. The fourth-order valence-corrected chi connectivity index (χ4v) is 5.83. The van der Waals surface area contributed by atoms with Crippen LogP contribution in [0.5, 0.6) is 5.75 Å². The van der Waals surface area contributed by atoms with Gasteiger partial charge in [-0.1, -0.05) is 35.7 Å². The third-order valence-corrected chi connectivity index (χ3v) is 8.13. The van der Waals surface area contributed by atoms with Gasteiger partial charge in [-0.2, -0.15) is 15.1 Å². The number of ether oxygens (including phenoxy) is 2. The Hall–Kier alpha value is -3.44. The molecule has 1 saturated heterocycles. The first-order valence-electron chi connectivity index (χ1n) is 12.2. The fraction of sp³-hybridized carbons (Fsp3) is 0.417. The van der Waals surface area contributed by atoms with Crippen molar-refractivity contribution < 1.29 is 33.0 Å². The molecule has 40 heavy (non-hydrogen) atoms. The smallest absolute Gasteiger partial charge is 0.459 e. The maximum Gasteiger partial charge on any atom is 0.459 e. The summed E-state index contributed by atoms with van der Waals surface area (Å²) >= 11 is 6.73. The normalized spacial score (nSPS) is 24.6. The predicted molar refractivity (Wildman–Crippen MR) is 146 cm³/mol. The molecule has 3 aromatic rings. The molecule has 0 radical (unpaired) electrons. The molecule has 0 bridgehead atoms. The van der Waals surface area contributed by atoms with E-state index in [1.54, 1.807) is 44.3 Å². The second-order valence-electron chi connectivity index (χ2n) is 8.69. The van der Waals surface area contributed by atoms with Gasteiger partial charge in [-0.3, -0.25) is 13.9 Å². The summed E-state index contributed by atoms with van der Waals surface area (Å²) < 4.78 is 37.5. The zero-order chi connectivity index (χ0) is 29.1. The van der Waals surface area contributed by atoms with Gasteiger partial charge >= 0.3 is 13.7 Å². The number of carbonyl (C=O) groups is 1. The first-order chi connectivity index (χ1) is 19.0. The Labute approximate surface area is 235 Å². The van der Waals surface area contributed by atoms with E-state index in [1.165, 1.54) is 17.8 Å². The Balaban J connectivity index is 1.60. The number of benzene rings is 1. The van der Waals surface area contributed by atoms with E-state index in [4.69, 9.17) is 42.3 Å². The molecule has 0 spiro atoms. The van der Waals surface area contributed by atoms with Crippen molar-refractivity contribution in [3.8, 4) is 18.1 Å². The zero-order valence-electron chi connectivity index (χ0n) is 21.9. The van der Waals surface area contributed by atoms with Crippen LogP contribution in [0.15, 0.2) is 36.7 Å². The number of rotatable bonds is 11. The van der Waals surface area contributed by atoms with E-state index in [9.17, 15) is 14.5 Å². The summed E-state index contributed by atoms with van der Waals surface area (Å²) in [7, 11) is -2.60. The minimum atomic E-state index is -4.24. The molecule has 1 aromatic carbocycles. The molecule has 2 aromatic heterocycles. The van der Waals surface area contributed by atoms with Gasteiger partial charge in [0.15, 0.2) is 28.1 Å². The summed E-state index contributed by atoms with van der Waals surface area (Å²) in [6.45, 7) is 2.71. The molecular weight excluding hydrogens is 565 g/mol. The Bertz CT molecular complexity index is 1450. The SMILES string of the molecule is C#C[C@@]1(Cl)[C@H](O)[C@@H](CO[P@@](=O)(NC(C)C(=O)OCC)Oc2ccccc2)O[C@H]1n1cnc2c(NC)nc(N)nc21. The number of nitrogens with zero attached hydrogens (tertiary/aromatic N) is 4. The van der Waals surface area contributed by atoms with Crippen LogP contribution in [-0.4, -0.2) is 74.0 Å². The summed E-state index contributed by atoms with van der Waals surface area (Å²) in [6.07, 6.45) is 3.25. The monoisotopic (exact) mass is 593 g/mol. The van der Waals surface area contributed by atoms with Crippen LogP contribution in [-0.2, 0) is 23.4 Å². The van der Waals surface area contributed by atoms with Gasteiger partial charge in [0, 0.05) is 7.05 Å². The quantitative estimate of drug-likeness (QED) is 0.110. The van der Waals surface area contributed by atoms with E-state index in [0.29, 0.717) is 11.3 Å². The van der Waals surface area contributed by atoms with Gasteiger partial charge in [0.05, 0.1) is 19.5 Å². The zero-order valence-corrected chi connectivity index (χ0v) is 23.5. The number of aliphatic hydroxyl groups is 1. The van der Waals surface area contributed by atoms with Gasteiger partial charge < -0.3 is 30.2 Å². The number of alkyl halides is 1. The highest BCUT2D eigenvalue weighted by molar-refractivity contribution is 7.52. The number of hydrogen-bond donors (Lipinski definition) is 4. The van der Waals surface area contributed by atoms with Crippen molar-refractivity contribution >= 4 is 48.2 Å². The second-order valence-corrected chi connectivity index (χ2v) is 11.0. The Morgan fingerprint density at radius 1 is 1.40 bits per heavy atom. The van der Waals surface area contributed by atoms with E-state index in [-0.39, 0.29) is 24.0 Å². The summed E-state index contributed by atoms with van der Waals surface area (Å²) in [5.41, 5.74) is 6.46. The molecule has 0 amide bonds. The maximum atomic E-state index is 13.8. The number of aliphatic hydroxyl groups excluding tert-OH is 1. The molecule has 16 heteroatoms. The number of nitrogen functional groups attached to an aromatic ring is 1. The van der Waals surface area contributed by atoms with Gasteiger partial charge in [-0.25, -0.2) is 9.55 Å². The van der Waals surface area contributed by atoms with Crippen LogP contribution in [0.3, 0.4) is 0 Å². The molecule has 6 atom stereocenters. The average molecular weight is 594 g/mol. The molecule has 1 aliphatic heterocycles. The number of terminal acetylenes is 1. The highest BCUT2D eigenvalue weighted by Gasteiger charge is 2.56. The second kappa shape index (κ2) is 12.0. The van der Waals surface area contributed by atoms with Crippen LogP contribution in [0.2, 0.25) is 0 Å². The summed E-state index contributed by atoms with van der Waals surface area (Å²) in [4.78, 5) is 23.0. The number of carbonyl (C=O) groups excluding carboxylic acids is 1. The average Bonchev–Trinajstić information content (AvgIpc) is 3.46. The highest BCUT2D eigenvalue weighted by Crippen LogP contribution is 2.48. The molecule has 4 rings (SSSR count). The number of esters is 1. The molecule has 14 nitrogen and oxygen atoms in total. The van der Waals surface area contributed by atoms with E-state index < -0.39 is 49.7 Å². The Kier molecular flexibility index (Phi) is 8.84. The fourth-order valence-electron chi connectivity index (χ4n) is 4.03. The number of nitrogens with one attached hydrogen (secondary N) is 2. The van der Waals surface area contributed by atoms with E-state index in [1.807, 2.05) is 0 Å². The molecule has 5 N–H and O–H groups in total. The van der Waals surface area contributed by atoms with E-state index in [0.717, 1.165) is 0 Å². The molecule has 1 unspecified atom stereocenters. The standard InChI is InChI=1S/C24H29ClN7O7P/c1-5-24(25)18(33)16(38-22(24)32-13-28-17-19(27-4)29-23(26)30-20(17)32)12-37-40(35,31-14(3)21(34)36-6-2)39-15-10-8-7-9-11-15/h1,7-11,13-14,16,18,22,33H,6,12H2,2-4H3,(H,31,35)(H3,26,27,29,30)/t14?,16-,18-,22-,24-,40+/m1/s1. The lowest BCUT2D eigenvalue weighted by molar-refractivity contribution is -0.144. The lowest BCUT2D eigenvalue weighted by atomic mass is 9.99. The molecule has 214 valence electrons. The molecule has 1 fully saturated rings. The number of anilines is 2. The first kappa shape index (κ1) is 29.5. The summed E-state index contributed by atoms with van der Waals surface area (Å²) in [5, 5.41) is 16.6. The third-order valence-electron chi connectivity index (χ3n) is 5.96. The van der Waals surface area contributed by atoms with E-state index in [2.05, 4.69) is 31.3 Å². The lowest BCUT2D eigenvalue weighted by Gasteiger charge is -2.25. The molecule has 0 aliphatic carbocycles. The van der Waals surface area contributed by atoms with Crippen LogP contribution < -0.4 is 20.7 Å². The molecule has 1 aliphatic rings. The van der Waals surface area contributed by atoms with E-state index >= 15 is 0 Å². The number of imidazole rings is 1. The maximum absolute atomic E-state index is 13.8. The summed E-state index contributed by atoms with van der Waals surface area (Å²) in [6, 6.07) is 7.14. The number of fused-ring (bicyclic) bond motifs is 1. The number of nitrogens with two attached hydrogens (primary N) is 1. The van der Waals surface area contributed by atoms with Crippen molar-refractivity contribution in [1.82, 2.24) is 24.6 Å². The minimum Gasteiger partial charge on any atom is -0.465 e. The molecular formula is C24H29ClN7O7P. The number of para-hydroxylation sites is 1. The van der Waals surface area contributed by atoms with Gasteiger partial charge in [-0.15, -0.1) is 6.42 Å². The minimum absolute atomic E-state index is 0.0429. The van der Waals surface area contributed by atoms with Gasteiger partial charge in [0.2, 0.25) is 5.95 Å². The van der Waals surface area contributed by atoms with Crippen molar-refractivity contribution in [3.63, 3.8) is 0 Å². The first-order valence-corrected chi connectivity index (χ1v) is 14.1. The van der Waals surface area contributed by atoms with Crippen LogP contribution in [0.1, 0.15) is 20.1 Å². The number of halogens is 1. The topological polar surface area (TPSA) is 185 Å². The van der Waals surface area contributed by atoms with Crippen molar-refractivity contribution in [2.45, 2.75) is 43.2 Å². The van der Waals surface area contributed by atoms with Gasteiger partial charge in [0.25, 0.3) is 0 Å². The third kappa shape index (κ3) is 5.85. The highest BCUT2D eigenvalue weighted by atomic mass is 35.5. The summed E-state index contributed by atoms with van der Waals surface area (Å²) in [5.74, 6) is 2.24. The van der Waals surface area contributed by atoms with Crippen LogP contribution in [0, 0.1) is 12.3 Å². The predicted octanol–water partition coefficient (Wildman–Crippen LogP) is 2.06.